The average Bonchev–Trinajstić information content (AvgIpc) is 2.75. The van der Waals surface area contributed by atoms with Crippen LogP contribution >= 0.6 is 0 Å². The maximum atomic E-state index is 13.2. The molecule has 0 atom stereocenters. The van der Waals surface area contributed by atoms with Gasteiger partial charge in [-0.15, -0.1) is 0 Å². The lowest BCUT2D eigenvalue weighted by molar-refractivity contribution is -0.115. The highest BCUT2D eigenvalue weighted by molar-refractivity contribution is 5.91. The first-order chi connectivity index (χ1) is 8.15. The molecule has 0 saturated carbocycles. The van der Waals surface area contributed by atoms with Gasteiger partial charge in [-0.3, -0.25) is 9.89 Å². The largest absolute Gasteiger partial charge is 0.311 e. The van der Waals surface area contributed by atoms with E-state index in [0.717, 1.165) is 12.1 Å². The van der Waals surface area contributed by atoms with Crippen LogP contribution in [0.2, 0.25) is 0 Å². The lowest BCUT2D eigenvalue weighted by Gasteiger charge is -2.03. The van der Waals surface area contributed by atoms with E-state index in [1.54, 1.807) is 6.07 Å². The minimum atomic E-state index is -0.732. The molecule has 0 saturated heterocycles. The summed E-state index contributed by atoms with van der Waals surface area (Å²) in [6, 6.07) is 4.68. The van der Waals surface area contributed by atoms with Crippen molar-refractivity contribution in [2.75, 3.05) is 5.32 Å². The van der Waals surface area contributed by atoms with Crippen molar-refractivity contribution in [1.82, 2.24) is 10.2 Å². The van der Waals surface area contributed by atoms with Crippen LogP contribution in [-0.2, 0) is 11.2 Å². The zero-order valence-corrected chi connectivity index (χ0v) is 8.71. The van der Waals surface area contributed by atoms with Crippen molar-refractivity contribution in [2.45, 2.75) is 6.42 Å². The lowest BCUT2D eigenvalue weighted by atomic mass is 10.1. The minimum Gasteiger partial charge on any atom is -0.311 e. The van der Waals surface area contributed by atoms with Crippen molar-refractivity contribution >= 4 is 11.7 Å². The molecular weight excluding hydrogens is 228 g/mol. The monoisotopic (exact) mass is 237 g/mol. The molecule has 1 aromatic heterocycles. The molecule has 0 bridgehead atoms. The number of amides is 1. The van der Waals surface area contributed by atoms with E-state index in [-0.39, 0.29) is 12.0 Å². The number of nitrogens with one attached hydrogen (secondary N) is 2. The standard InChI is InChI=1S/C11H9F2N3O/c12-8-2-1-7(9(13)6-8)5-11(17)15-10-3-4-14-16-10/h1-4,6H,5H2,(H2,14,15,16,17). The van der Waals surface area contributed by atoms with Crippen LogP contribution in [0.25, 0.3) is 0 Å². The van der Waals surface area contributed by atoms with Crippen molar-refractivity contribution in [3.63, 3.8) is 0 Å². The van der Waals surface area contributed by atoms with E-state index in [2.05, 4.69) is 15.5 Å². The fourth-order valence-electron chi connectivity index (χ4n) is 1.36. The number of rotatable bonds is 3. The highest BCUT2D eigenvalue weighted by Gasteiger charge is 2.09. The summed E-state index contributed by atoms with van der Waals surface area (Å²) in [5.41, 5.74) is 0.142. The van der Waals surface area contributed by atoms with Crippen LogP contribution in [0.15, 0.2) is 30.5 Å². The molecule has 1 aromatic carbocycles. The van der Waals surface area contributed by atoms with Gasteiger partial charge in [-0.25, -0.2) is 8.78 Å². The summed E-state index contributed by atoms with van der Waals surface area (Å²) in [6.45, 7) is 0. The van der Waals surface area contributed by atoms with Gasteiger partial charge >= 0.3 is 0 Å². The molecule has 0 unspecified atom stereocenters. The Labute approximate surface area is 95.7 Å². The van der Waals surface area contributed by atoms with Crippen molar-refractivity contribution < 1.29 is 13.6 Å². The molecule has 2 rings (SSSR count). The van der Waals surface area contributed by atoms with E-state index in [1.807, 2.05) is 0 Å². The number of carbonyl (C=O) groups is 1. The van der Waals surface area contributed by atoms with E-state index < -0.39 is 17.5 Å². The van der Waals surface area contributed by atoms with Crippen LogP contribution in [0, 0.1) is 11.6 Å². The fraction of sp³-hybridized carbons (Fsp3) is 0.0909. The Kier molecular flexibility index (Phi) is 3.13. The lowest BCUT2D eigenvalue weighted by Crippen LogP contribution is -2.15. The first-order valence-corrected chi connectivity index (χ1v) is 4.88. The van der Waals surface area contributed by atoms with E-state index in [0.29, 0.717) is 5.82 Å². The molecule has 2 aromatic rings. The molecule has 2 N–H and O–H groups in total. The molecular formula is C11H9F2N3O. The summed E-state index contributed by atoms with van der Waals surface area (Å²) in [5, 5.41) is 8.68. The maximum Gasteiger partial charge on any atom is 0.230 e. The second-order valence-corrected chi connectivity index (χ2v) is 3.43. The normalized spacial score (nSPS) is 10.2. The van der Waals surface area contributed by atoms with Crippen molar-refractivity contribution in [1.29, 1.82) is 0 Å². The van der Waals surface area contributed by atoms with Crippen LogP contribution in [0.3, 0.4) is 0 Å². The molecule has 6 heteroatoms. The Morgan fingerprint density at radius 2 is 2.18 bits per heavy atom. The average molecular weight is 237 g/mol. The molecule has 0 radical (unpaired) electrons. The van der Waals surface area contributed by atoms with Crippen LogP contribution in [0.5, 0.6) is 0 Å². The van der Waals surface area contributed by atoms with Gasteiger partial charge in [0, 0.05) is 12.1 Å². The SMILES string of the molecule is O=C(Cc1ccc(F)cc1F)Nc1ccn[nH]1. The molecule has 0 spiro atoms. The Hall–Kier alpha value is -2.24. The number of halogens is 2. The summed E-state index contributed by atoms with van der Waals surface area (Å²) in [4.78, 5) is 11.5. The van der Waals surface area contributed by atoms with Gasteiger partial charge in [0.15, 0.2) is 0 Å². The van der Waals surface area contributed by atoms with Crippen molar-refractivity contribution in [2.24, 2.45) is 0 Å². The Balaban J connectivity index is 2.03. The maximum absolute atomic E-state index is 13.2. The van der Waals surface area contributed by atoms with Gasteiger partial charge < -0.3 is 5.32 Å². The van der Waals surface area contributed by atoms with E-state index in [1.165, 1.54) is 12.3 Å². The van der Waals surface area contributed by atoms with Crippen LogP contribution < -0.4 is 5.32 Å². The second kappa shape index (κ2) is 4.73. The Morgan fingerprint density at radius 1 is 1.35 bits per heavy atom. The number of benzene rings is 1. The van der Waals surface area contributed by atoms with Crippen molar-refractivity contribution in [3.05, 3.63) is 47.7 Å². The van der Waals surface area contributed by atoms with Crippen molar-refractivity contribution in [3.8, 4) is 0 Å². The number of hydrogen-bond acceptors (Lipinski definition) is 2. The van der Waals surface area contributed by atoms with Gasteiger partial charge in [-0.05, 0) is 11.6 Å². The van der Waals surface area contributed by atoms with Crippen LogP contribution in [-0.4, -0.2) is 16.1 Å². The molecule has 88 valence electrons. The number of nitrogens with zero attached hydrogens (tertiary/aromatic N) is 1. The van der Waals surface area contributed by atoms with E-state index >= 15 is 0 Å². The highest BCUT2D eigenvalue weighted by Crippen LogP contribution is 2.11. The summed E-state index contributed by atoms with van der Waals surface area (Å²) < 4.78 is 25.9. The predicted molar refractivity (Wildman–Crippen MR) is 57.3 cm³/mol. The summed E-state index contributed by atoms with van der Waals surface area (Å²) in [7, 11) is 0. The third-order valence-corrected chi connectivity index (χ3v) is 2.14. The Morgan fingerprint density at radius 3 is 2.82 bits per heavy atom. The van der Waals surface area contributed by atoms with Crippen LogP contribution in [0.1, 0.15) is 5.56 Å². The Bertz CT molecular complexity index is 526. The van der Waals surface area contributed by atoms with E-state index in [4.69, 9.17) is 0 Å². The second-order valence-electron chi connectivity index (χ2n) is 3.43. The summed E-state index contributed by atoms with van der Waals surface area (Å²) >= 11 is 0. The zero-order valence-electron chi connectivity index (χ0n) is 8.71. The van der Waals surface area contributed by atoms with Gasteiger partial charge in [0.05, 0.1) is 12.6 Å². The fourth-order valence-corrected chi connectivity index (χ4v) is 1.36. The topological polar surface area (TPSA) is 57.8 Å². The van der Waals surface area contributed by atoms with Gasteiger partial charge in [-0.1, -0.05) is 6.07 Å². The molecule has 1 amide bonds. The van der Waals surface area contributed by atoms with Gasteiger partial charge in [0.25, 0.3) is 0 Å². The molecule has 4 nitrogen and oxygen atoms in total. The van der Waals surface area contributed by atoms with Gasteiger partial charge in [-0.2, -0.15) is 5.10 Å². The van der Waals surface area contributed by atoms with Crippen LogP contribution in [0.4, 0.5) is 14.6 Å². The number of hydrogen-bond donors (Lipinski definition) is 2. The quantitative estimate of drug-likeness (QED) is 0.856. The number of anilines is 1. The third-order valence-electron chi connectivity index (χ3n) is 2.14. The smallest absolute Gasteiger partial charge is 0.230 e. The van der Waals surface area contributed by atoms with Gasteiger partial charge in [0.1, 0.15) is 17.5 Å². The molecule has 0 aliphatic heterocycles. The number of H-pyrrole nitrogens is 1. The first-order valence-electron chi connectivity index (χ1n) is 4.88. The summed E-state index contributed by atoms with van der Waals surface area (Å²) in [6.07, 6.45) is 1.32. The molecule has 0 fully saturated rings. The molecule has 0 aliphatic rings. The third kappa shape index (κ3) is 2.87. The number of aromatic nitrogens is 2. The number of carbonyl (C=O) groups excluding carboxylic acids is 1. The molecule has 1 heterocycles. The predicted octanol–water partition coefficient (Wildman–Crippen LogP) is 1.87. The molecule has 0 aliphatic carbocycles. The number of aromatic amines is 1. The van der Waals surface area contributed by atoms with Gasteiger partial charge in [0.2, 0.25) is 5.91 Å². The van der Waals surface area contributed by atoms with E-state index in [9.17, 15) is 13.6 Å². The zero-order chi connectivity index (χ0) is 12.3. The highest BCUT2D eigenvalue weighted by atomic mass is 19.1. The summed E-state index contributed by atoms with van der Waals surface area (Å²) in [5.74, 6) is -1.37. The molecule has 17 heavy (non-hydrogen) atoms. The minimum absolute atomic E-state index is 0.142. The first kappa shape index (κ1) is 11.3.